The van der Waals surface area contributed by atoms with Crippen LogP contribution in [0.2, 0.25) is 0 Å². The molecular weight excluding hydrogens is 232 g/mol. The van der Waals surface area contributed by atoms with Crippen LogP contribution in [0.25, 0.3) is 0 Å². The number of rotatable bonds is 5. The Morgan fingerprint density at radius 2 is 2.12 bits per heavy atom. The lowest BCUT2D eigenvalue weighted by molar-refractivity contribution is -0.146. The minimum absolute atomic E-state index is 0.338. The predicted molar refractivity (Wildman–Crippen MR) is 60.4 cm³/mol. The van der Waals surface area contributed by atoms with Gasteiger partial charge in [-0.2, -0.15) is 11.8 Å². The third kappa shape index (κ3) is 2.82. The molecule has 1 aliphatic heterocycles. The van der Waals surface area contributed by atoms with Crippen LogP contribution in [-0.2, 0) is 9.53 Å². The Morgan fingerprint density at radius 1 is 1.50 bits per heavy atom. The molecule has 16 heavy (non-hydrogen) atoms. The lowest BCUT2D eigenvalue weighted by Gasteiger charge is -2.18. The van der Waals surface area contributed by atoms with Gasteiger partial charge in [0.1, 0.15) is 6.10 Å². The van der Waals surface area contributed by atoms with Crippen LogP contribution in [0.15, 0.2) is 11.5 Å². The van der Waals surface area contributed by atoms with Crippen molar-refractivity contribution in [3.63, 3.8) is 0 Å². The molecule has 0 spiro atoms. The smallest absolute Gasteiger partial charge is 0.377 e. The SMILES string of the molecule is CC[C@@H](C)SC[C@H](O)[C@H]1OC(=O)C(O)=C1O. The van der Waals surface area contributed by atoms with Gasteiger partial charge >= 0.3 is 5.97 Å². The van der Waals surface area contributed by atoms with Crippen LogP contribution in [0, 0.1) is 0 Å². The minimum Gasteiger partial charge on any atom is -0.505 e. The maximum absolute atomic E-state index is 10.9. The van der Waals surface area contributed by atoms with Crippen LogP contribution in [-0.4, -0.2) is 44.5 Å². The molecule has 0 saturated heterocycles. The number of aliphatic hydroxyl groups excluding tert-OH is 3. The van der Waals surface area contributed by atoms with Gasteiger partial charge in [0, 0.05) is 11.0 Å². The summed E-state index contributed by atoms with van der Waals surface area (Å²) in [6, 6.07) is 0. The van der Waals surface area contributed by atoms with Gasteiger partial charge in [-0.15, -0.1) is 0 Å². The molecule has 0 saturated carbocycles. The molecule has 0 aromatic heterocycles. The van der Waals surface area contributed by atoms with Gasteiger partial charge in [0.25, 0.3) is 0 Å². The van der Waals surface area contributed by atoms with E-state index in [9.17, 15) is 15.0 Å². The van der Waals surface area contributed by atoms with Crippen molar-refractivity contribution in [1.82, 2.24) is 0 Å². The van der Waals surface area contributed by atoms with Crippen molar-refractivity contribution in [3.05, 3.63) is 11.5 Å². The Hall–Kier alpha value is -0.880. The molecule has 0 radical (unpaired) electrons. The Kier molecular flexibility index (Phi) is 4.49. The summed E-state index contributed by atoms with van der Waals surface area (Å²) in [6.07, 6.45) is -1.17. The number of carbonyl (C=O) groups is 1. The molecule has 3 atom stereocenters. The van der Waals surface area contributed by atoms with Crippen LogP contribution >= 0.6 is 11.8 Å². The van der Waals surface area contributed by atoms with E-state index in [1.165, 1.54) is 11.8 Å². The number of cyclic esters (lactones) is 1. The lowest BCUT2D eigenvalue weighted by atomic mass is 10.2. The van der Waals surface area contributed by atoms with Gasteiger partial charge < -0.3 is 20.1 Å². The largest absolute Gasteiger partial charge is 0.505 e. The average molecular weight is 248 g/mol. The molecule has 0 aromatic rings. The fourth-order valence-corrected chi connectivity index (χ4v) is 2.13. The van der Waals surface area contributed by atoms with Crippen molar-refractivity contribution in [3.8, 4) is 0 Å². The molecule has 0 aliphatic carbocycles. The summed E-state index contributed by atoms with van der Waals surface area (Å²) in [5.41, 5.74) is 0. The maximum atomic E-state index is 10.9. The standard InChI is InChI=1S/C10H16O5S/c1-3-5(2)16-4-6(11)9-7(12)8(13)10(14)15-9/h5-6,9,11-13H,3-4H2,1-2H3/t5-,6+,9-/m1/s1. The predicted octanol–water partition coefficient (Wildman–Crippen LogP) is 1.13. The monoisotopic (exact) mass is 248 g/mol. The van der Waals surface area contributed by atoms with E-state index in [2.05, 4.69) is 4.74 Å². The average Bonchev–Trinajstić information content (AvgIpc) is 2.53. The third-order valence-corrected chi connectivity index (χ3v) is 3.85. The molecule has 6 heteroatoms. The van der Waals surface area contributed by atoms with Gasteiger partial charge in [0.2, 0.25) is 5.76 Å². The maximum Gasteiger partial charge on any atom is 0.377 e. The number of esters is 1. The Labute approximate surface area is 98.1 Å². The molecular formula is C10H16O5S. The number of aliphatic hydroxyl groups is 3. The molecule has 1 aliphatic rings. The van der Waals surface area contributed by atoms with Gasteiger partial charge in [0.05, 0.1) is 0 Å². The van der Waals surface area contributed by atoms with Crippen molar-refractivity contribution in [2.75, 3.05) is 5.75 Å². The highest BCUT2D eigenvalue weighted by Crippen LogP contribution is 2.24. The summed E-state index contributed by atoms with van der Waals surface area (Å²) < 4.78 is 4.64. The Bertz CT molecular complexity index is 302. The summed E-state index contributed by atoms with van der Waals surface area (Å²) >= 11 is 1.52. The first kappa shape index (κ1) is 13.2. The van der Waals surface area contributed by atoms with E-state index >= 15 is 0 Å². The Morgan fingerprint density at radius 3 is 2.56 bits per heavy atom. The second-order valence-electron chi connectivity index (χ2n) is 3.68. The zero-order chi connectivity index (χ0) is 12.3. The molecule has 0 unspecified atom stereocenters. The van der Waals surface area contributed by atoms with E-state index in [0.717, 1.165) is 6.42 Å². The van der Waals surface area contributed by atoms with E-state index in [1.807, 2.05) is 13.8 Å². The summed E-state index contributed by atoms with van der Waals surface area (Å²) in [5, 5.41) is 28.5. The van der Waals surface area contributed by atoms with E-state index in [0.29, 0.717) is 11.0 Å². The number of ether oxygens (including phenoxy) is 1. The van der Waals surface area contributed by atoms with Crippen molar-refractivity contribution in [2.45, 2.75) is 37.7 Å². The quantitative estimate of drug-likeness (QED) is 0.632. The number of hydrogen-bond donors (Lipinski definition) is 3. The van der Waals surface area contributed by atoms with E-state index < -0.39 is 29.7 Å². The Balaban J connectivity index is 2.50. The van der Waals surface area contributed by atoms with Crippen molar-refractivity contribution in [2.24, 2.45) is 0 Å². The number of carbonyl (C=O) groups excluding carboxylic acids is 1. The normalized spacial score (nSPS) is 24.4. The molecule has 5 nitrogen and oxygen atoms in total. The van der Waals surface area contributed by atoms with Crippen molar-refractivity contribution < 1.29 is 24.9 Å². The zero-order valence-corrected chi connectivity index (χ0v) is 10.0. The van der Waals surface area contributed by atoms with Crippen LogP contribution < -0.4 is 0 Å². The summed E-state index contributed by atoms with van der Waals surface area (Å²) in [5.74, 6) is -2.04. The lowest BCUT2D eigenvalue weighted by Crippen LogP contribution is -2.31. The summed E-state index contributed by atoms with van der Waals surface area (Å²) in [7, 11) is 0. The number of thioether (sulfide) groups is 1. The molecule has 92 valence electrons. The van der Waals surface area contributed by atoms with E-state index in [4.69, 9.17) is 5.11 Å². The van der Waals surface area contributed by atoms with Crippen LogP contribution in [0.3, 0.4) is 0 Å². The molecule has 1 heterocycles. The highest BCUT2D eigenvalue weighted by atomic mass is 32.2. The van der Waals surface area contributed by atoms with Crippen LogP contribution in [0.4, 0.5) is 0 Å². The minimum atomic E-state index is -1.14. The van der Waals surface area contributed by atoms with Crippen LogP contribution in [0.5, 0.6) is 0 Å². The second-order valence-corrected chi connectivity index (χ2v) is 5.15. The third-order valence-electron chi connectivity index (χ3n) is 2.42. The van der Waals surface area contributed by atoms with Gasteiger partial charge in [-0.1, -0.05) is 13.8 Å². The highest BCUT2D eigenvalue weighted by molar-refractivity contribution is 7.99. The second kappa shape index (κ2) is 5.45. The topological polar surface area (TPSA) is 87.0 Å². The van der Waals surface area contributed by atoms with Gasteiger partial charge in [-0.3, -0.25) is 0 Å². The van der Waals surface area contributed by atoms with Gasteiger partial charge in [0.15, 0.2) is 11.9 Å². The first-order chi connectivity index (χ1) is 7.47. The summed E-state index contributed by atoms with van der Waals surface area (Å²) in [6.45, 7) is 4.05. The molecule has 3 N–H and O–H groups in total. The van der Waals surface area contributed by atoms with Crippen molar-refractivity contribution >= 4 is 17.7 Å². The fourth-order valence-electron chi connectivity index (χ4n) is 1.20. The summed E-state index contributed by atoms with van der Waals surface area (Å²) in [4.78, 5) is 10.9. The molecule has 1 rings (SSSR count). The first-order valence-corrected chi connectivity index (χ1v) is 6.15. The molecule has 0 fully saturated rings. The van der Waals surface area contributed by atoms with E-state index in [-0.39, 0.29) is 0 Å². The van der Waals surface area contributed by atoms with E-state index in [1.54, 1.807) is 0 Å². The van der Waals surface area contributed by atoms with Gasteiger partial charge in [-0.25, -0.2) is 4.79 Å². The number of hydrogen-bond acceptors (Lipinski definition) is 6. The molecule has 0 aromatic carbocycles. The zero-order valence-electron chi connectivity index (χ0n) is 9.21. The molecule has 0 bridgehead atoms. The van der Waals surface area contributed by atoms with Gasteiger partial charge in [-0.05, 0) is 6.42 Å². The molecule has 0 amide bonds. The first-order valence-electron chi connectivity index (χ1n) is 5.10. The highest BCUT2D eigenvalue weighted by Gasteiger charge is 2.39. The van der Waals surface area contributed by atoms with Crippen molar-refractivity contribution in [1.29, 1.82) is 0 Å². The van der Waals surface area contributed by atoms with Crippen LogP contribution in [0.1, 0.15) is 20.3 Å². The fraction of sp³-hybridized carbons (Fsp3) is 0.700.